The summed E-state index contributed by atoms with van der Waals surface area (Å²) in [5.74, 6) is 3.08. The molecule has 1 aliphatic heterocycles. The summed E-state index contributed by atoms with van der Waals surface area (Å²) in [6.07, 6.45) is 11.8. The Kier molecular flexibility index (Phi) is 4.01. The smallest absolute Gasteiger partial charge is 0.243 e. The molecule has 2 heteroatoms. The Morgan fingerprint density at radius 2 is 1.73 bits per heavy atom. The van der Waals surface area contributed by atoms with E-state index in [0.29, 0.717) is 23.3 Å². The molecule has 1 N–H and O–H groups in total. The van der Waals surface area contributed by atoms with Crippen LogP contribution in [0.4, 0.5) is 0 Å². The highest BCUT2D eigenvalue weighted by Gasteiger charge is 2.59. The van der Waals surface area contributed by atoms with E-state index in [2.05, 4.69) is 67.7 Å². The lowest BCUT2D eigenvalue weighted by molar-refractivity contribution is -0.122. The highest BCUT2D eigenvalue weighted by Crippen LogP contribution is 2.67. The normalized spacial score (nSPS) is 42.3. The van der Waals surface area contributed by atoms with Gasteiger partial charge in [0.1, 0.15) is 0 Å². The highest BCUT2D eigenvalue weighted by molar-refractivity contribution is 5.89. The number of hydrogen-bond acceptors (Lipinski definition) is 1. The molecule has 7 atom stereocenters. The number of benzene rings is 2. The van der Waals surface area contributed by atoms with Crippen molar-refractivity contribution >= 4 is 16.7 Å². The molecule has 3 saturated carbocycles. The lowest BCUT2D eigenvalue weighted by atomic mass is 9.47. The lowest BCUT2D eigenvalue weighted by Crippen LogP contribution is -2.59. The average molecular weight is 400 g/mol. The molecule has 0 spiro atoms. The third kappa shape index (κ3) is 2.46. The molecule has 156 valence electrons. The Morgan fingerprint density at radius 3 is 2.63 bits per heavy atom. The maximum Gasteiger partial charge on any atom is 0.243 e. The van der Waals surface area contributed by atoms with Crippen molar-refractivity contribution < 1.29 is 4.79 Å². The number of amides is 1. The van der Waals surface area contributed by atoms with E-state index in [4.69, 9.17) is 0 Å². The molecule has 2 nitrogen and oxygen atoms in total. The van der Waals surface area contributed by atoms with Gasteiger partial charge < -0.3 is 5.32 Å². The number of fused-ring (bicyclic) bond motifs is 6. The molecular formula is C28H33NO. The first kappa shape index (κ1) is 18.7. The number of carbonyl (C=O) groups is 1. The summed E-state index contributed by atoms with van der Waals surface area (Å²) in [7, 11) is 0. The Labute approximate surface area is 180 Å². The molecule has 4 aliphatic rings. The topological polar surface area (TPSA) is 29.1 Å². The van der Waals surface area contributed by atoms with Crippen LogP contribution in [0.1, 0.15) is 63.9 Å². The van der Waals surface area contributed by atoms with Crippen LogP contribution in [0.25, 0.3) is 10.8 Å². The van der Waals surface area contributed by atoms with E-state index >= 15 is 0 Å². The summed E-state index contributed by atoms with van der Waals surface area (Å²) in [6, 6.07) is 16.2. The monoisotopic (exact) mass is 399 g/mol. The van der Waals surface area contributed by atoms with E-state index < -0.39 is 0 Å². The van der Waals surface area contributed by atoms with Gasteiger partial charge in [0.25, 0.3) is 0 Å². The first-order chi connectivity index (χ1) is 14.5. The van der Waals surface area contributed by atoms with Crippen LogP contribution in [0.3, 0.4) is 0 Å². The highest BCUT2D eigenvalue weighted by atomic mass is 16.1. The second-order valence-corrected chi connectivity index (χ2v) is 11.0. The molecule has 0 aromatic heterocycles. The predicted octanol–water partition coefficient (Wildman–Crippen LogP) is 6.22. The second-order valence-electron chi connectivity index (χ2n) is 11.0. The van der Waals surface area contributed by atoms with Crippen LogP contribution < -0.4 is 5.32 Å². The van der Waals surface area contributed by atoms with Gasteiger partial charge in [-0.05, 0) is 90.0 Å². The molecule has 2 aromatic carbocycles. The van der Waals surface area contributed by atoms with Gasteiger partial charge in [0.05, 0.1) is 0 Å². The zero-order valence-electron chi connectivity index (χ0n) is 18.2. The van der Waals surface area contributed by atoms with E-state index in [-0.39, 0.29) is 11.3 Å². The van der Waals surface area contributed by atoms with Crippen molar-refractivity contribution in [2.24, 2.45) is 28.6 Å². The van der Waals surface area contributed by atoms with Crippen molar-refractivity contribution in [3.05, 3.63) is 60.2 Å². The first-order valence-corrected chi connectivity index (χ1v) is 12.0. The lowest BCUT2D eigenvalue weighted by Gasteiger charge is -2.59. The van der Waals surface area contributed by atoms with Gasteiger partial charge in [-0.2, -0.15) is 0 Å². The zero-order chi connectivity index (χ0) is 20.5. The van der Waals surface area contributed by atoms with Crippen LogP contribution in [0.15, 0.2) is 54.6 Å². The minimum Gasteiger partial charge on any atom is -0.349 e. The Balaban J connectivity index is 1.37. The molecule has 6 rings (SSSR count). The maximum absolute atomic E-state index is 12.0. The van der Waals surface area contributed by atoms with Gasteiger partial charge >= 0.3 is 0 Å². The summed E-state index contributed by atoms with van der Waals surface area (Å²) in [5, 5.41) is 6.13. The van der Waals surface area contributed by atoms with Crippen molar-refractivity contribution in [1.29, 1.82) is 0 Å². The number of nitrogens with one attached hydrogen (secondary N) is 1. The molecule has 0 saturated heterocycles. The molecule has 1 amide bonds. The molecule has 2 aromatic rings. The fraction of sp³-hybridized carbons (Fsp3) is 0.536. The molecular weight excluding hydrogens is 366 g/mol. The molecule has 1 heterocycles. The molecule has 0 bridgehead atoms. The molecule has 3 aliphatic carbocycles. The Morgan fingerprint density at radius 1 is 0.900 bits per heavy atom. The van der Waals surface area contributed by atoms with Crippen molar-refractivity contribution in [3.63, 3.8) is 0 Å². The second kappa shape index (κ2) is 6.45. The van der Waals surface area contributed by atoms with E-state index in [0.717, 1.165) is 18.3 Å². The fourth-order valence-corrected chi connectivity index (χ4v) is 8.40. The van der Waals surface area contributed by atoms with Gasteiger partial charge in [0.2, 0.25) is 5.91 Å². The van der Waals surface area contributed by atoms with Crippen LogP contribution in [0, 0.1) is 28.6 Å². The van der Waals surface area contributed by atoms with Gasteiger partial charge in [0, 0.05) is 11.5 Å². The maximum atomic E-state index is 12.0. The minimum absolute atomic E-state index is 0.105. The molecule has 2 unspecified atom stereocenters. The average Bonchev–Trinajstić information content (AvgIpc) is 3.11. The van der Waals surface area contributed by atoms with Gasteiger partial charge in [-0.3, -0.25) is 4.79 Å². The third-order valence-corrected chi connectivity index (χ3v) is 9.88. The van der Waals surface area contributed by atoms with Gasteiger partial charge in [-0.25, -0.2) is 0 Å². The third-order valence-electron chi connectivity index (χ3n) is 9.88. The van der Waals surface area contributed by atoms with Gasteiger partial charge in [0.15, 0.2) is 0 Å². The van der Waals surface area contributed by atoms with Crippen molar-refractivity contribution in [3.8, 4) is 0 Å². The number of hydrogen-bond donors (Lipinski definition) is 1. The van der Waals surface area contributed by atoms with Crippen LogP contribution in [-0.2, 0) is 4.79 Å². The minimum atomic E-state index is 0.105. The van der Waals surface area contributed by atoms with E-state index in [1.165, 1.54) is 42.9 Å². The summed E-state index contributed by atoms with van der Waals surface area (Å²) in [6.45, 7) is 5.03. The summed E-state index contributed by atoms with van der Waals surface area (Å²) >= 11 is 0. The van der Waals surface area contributed by atoms with E-state index in [9.17, 15) is 4.79 Å². The van der Waals surface area contributed by atoms with E-state index in [1.807, 2.05) is 0 Å². The Bertz CT molecular complexity index is 1030. The fourth-order valence-electron chi connectivity index (χ4n) is 8.40. The van der Waals surface area contributed by atoms with Crippen LogP contribution in [-0.4, -0.2) is 11.9 Å². The van der Waals surface area contributed by atoms with Gasteiger partial charge in [-0.1, -0.05) is 62.4 Å². The standard InChI is InChI=1S/C28H33NO/c1-27-16-14-24-21(10-13-25-28(24,2)17-15-26(30)29-25)23(27)12-11-22(27)20-9-5-7-18-6-3-4-8-19(18)20/h3-9,15,17,21-25H,10-14,16H2,1-2H3,(H,29,30)/t21-,22?,23-,24+,25?,27+,28+/m0/s1. The Hall–Kier alpha value is -2.09. The van der Waals surface area contributed by atoms with E-state index in [1.54, 1.807) is 11.6 Å². The van der Waals surface area contributed by atoms with Crippen molar-refractivity contribution in [2.75, 3.05) is 0 Å². The number of carbonyl (C=O) groups excluding carboxylic acids is 1. The summed E-state index contributed by atoms with van der Waals surface area (Å²) in [4.78, 5) is 12.0. The summed E-state index contributed by atoms with van der Waals surface area (Å²) in [5.41, 5.74) is 2.12. The molecule has 3 fully saturated rings. The largest absolute Gasteiger partial charge is 0.349 e. The van der Waals surface area contributed by atoms with Crippen LogP contribution in [0.2, 0.25) is 0 Å². The summed E-state index contributed by atoms with van der Waals surface area (Å²) < 4.78 is 0. The quantitative estimate of drug-likeness (QED) is 0.606. The zero-order valence-corrected chi connectivity index (χ0v) is 18.2. The SMILES string of the molecule is C[C@]12C=CC(=O)NC1CC[C@@H]1[C@H]2CC[C@]2(C)C(c3cccc4ccccc34)CC[C@@H]12. The molecule has 0 radical (unpaired) electrons. The number of rotatable bonds is 1. The van der Waals surface area contributed by atoms with Crippen molar-refractivity contribution in [1.82, 2.24) is 5.32 Å². The predicted molar refractivity (Wildman–Crippen MR) is 122 cm³/mol. The van der Waals surface area contributed by atoms with Crippen LogP contribution >= 0.6 is 0 Å². The molecule has 30 heavy (non-hydrogen) atoms. The van der Waals surface area contributed by atoms with Crippen LogP contribution in [0.5, 0.6) is 0 Å². The first-order valence-electron chi connectivity index (χ1n) is 12.0. The van der Waals surface area contributed by atoms with Gasteiger partial charge in [-0.15, -0.1) is 0 Å². The van der Waals surface area contributed by atoms with Crippen molar-refractivity contribution in [2.45, 2.75) is 64.3 Å².